The molecule has 0 aliphatic carbocycles. The summed E-state index contributed by atoms with van der Waals surface area (Å²) in [5.41, 5.74) is 0.760. The van der Waals surface area contributed by atoms with E-state index in [9.17, 15) is 4.79 Å². The lowest BCUT2D eigenvalue weighted by Gasteiger charge is -2.32. The van der Waals surface area contributed by atoms with Crippen LogP contribution in [0.3, 0.4) is 0 Å². The molecular formula is C17H24N6O2. The van der Waals surface area contributed by atoms with Gasteiger partial charge in [-0.15, -0.1) is 0 Å². The minimum Gasteiger partial charge on any atom is -0.339 e. The van der Waals surface area contributed by atoms with Gasteiger partial charge in [-0.2, -0.15) is 4.98 Å². The van der Waals surface area contributed by atoms with Crippen LogP contribution in [0.4, 0.5) is 5.69 Å². The fourth-order valence-corrected chi connectivity index (χ4v) is 2.94. The lowest BCUT2D eigenvalue weighted by atomic mass is 10.1. The number of hydrogen-bond donors (Lipinski definition) is 2. The van der Waals surface area contributed by atoms with Crippen molar-refractivity contribution in [2.75, 3.05) is 25.0 Å². The van der Waals surface area contributed by atoms with Gasteiger partial charge in [-0.25, -0.2) is 0 Å². The Morgan fingerprint density at radius 2 is 2.24 bits per heavy atom. The fourth-order valence-electron chi connectivity index (χ4n) is 2.94. The summed E-state index contributed by atoms with van der Waals surface area (Å²) in [6, 6.07) is 3.83. The molecule has 1 amide bonds. The highest BCUT2D eigenvalue weighted by atomic mass is 16.5. The first-order valence-corrected chi connectivity index (χ1v) is 8.70. The first-order valence-electron chi connectivity index (χ1n) is 8.70. The van der Waals surface area contributed by atoms with Gasteiger partial charge in [0.05, 0.1) is 13.1 Å². The summed E-state index contributed by atoms with van der Waals surface area (Å²) in [7, 11) is 0. The number of hydrogen-bond acceptors (Lipinski definition) is 7. The maximum Gasteiger partial charge on any atom is 0.238 e. The van der Waals surface area contributed by atoms with E-state index >= 15 is 0 Å². The molecule has 3 rings (SSSR count). The lowest BCUT2D eigenvalue weighted by molar-refractivity contribution is -0.115. The predicted octanol–water partition coefficient (Wildman–Crippen LogP) is 1.22. The van der Waals surface area contributed by atoms with E-state index in [1.54, 1.807) is 24.5 Å². The number of rotatable bonds is 7. The maximum atomic E-state index is 12.0. The topological polar surface area (TPSA) is 96.2 Å². The third-order valence-electron chi connectivity index (χ3n) is 4.20. The maximum absolute atomic E-state index is 12.0. The van der Waals surface area contributed by atoms with Gasteiger partial charge < -0.3 is 15.2 Å². The number of carbonyl (C=O) groups is 1. The van der Waals surface area contributed by atoms with Gasteiger partial charge in [-0.1, -0.05) is 12.1 Å². The minimum absolute atomic E-state index is 0.0471. The quantitative estimate of drug-likeness (QED) is 0.779. The number of carbonyl (C=O) groups excluding carboxylic acids is 1. The van der Waals surface area contributed by atoms with Crippen LogP contribution in [0.1, 0.15) is 31.5 Å². The first-order chi connectivity index (χ1) is 12.2. The second kappa shape index (κ2) is 8.68. The van der Waals surface area contributed by atoms with Crippen molar-refractivity contribution in [2.45, 2.75) is 38.8 Å². The number of piperidine rings is 1. The zero-order chi connectivity index (χ0) is 17.5. The second-order valence-corrected chi connectivity index (χ2v) is 6.20. The summed E-state index contributed by atoms with van der Waals surface area (Å²) >= 11 is 0. The number of nitrogens with one attached hydrogen (secondary N) is 2. The molecule has 2 aromatic heterocycles. The smallest absolute Gasteiger partial charge is 0.238 e. The number of pyridine rings is 1. The van der Waals surface area contributed by atoms with Crippen LogP contribution in [0.2, 0.25) is 0 Å². The standard InChI is InChI=1S/C17H24N6O2/c1-2-17-21-15(22-25-17)12-23-9-3-4-14(11-23)19-10-16(24)20-13-5-7-18-8-6-13/h5-8,14,19H,2-4,9-12H2,1H3,(H,18,20,24)/t14-/m1/s1. The molecule has 134 valence electrons. The second-order valence-electron chi connectivity index (χ2n) is 6.20. The summed E-state index contributed by atoms with van der Waals surface area (Å²) in [6.07, 6.45) is 6.21. The van der Waals surface area contributed by atoms with E-state index in [2.05, 4.69) is 30.7 Å². The van der Waals surface area contributed by atoms with Crippen LogP contribution in [-0.2, 0) is 17.8 Å². The van der Waals surface area contributed by atoms with Gasteiger partial charge in [0.1, 0.15) is 0 Å². The first kappa shape index (κ1) is 17.5. The molecule has 1 saturated heterocycles. The zero-order valence-electron chi connectivity index (χ0n) is 14.4. The fraction of sp³-hybridized carbons (Fsp3) is 0.529. The van der Waals surface area contributed by atoms with Crippen LogP contribution >= 0.6 is 0 Å². The molecule has 0 saturated carbocycles. The molecule has 0 radical (unpaired) electrons. The molecule has 0 bridgehead atoms. The van der Waals surface area contributed by atoms with Crippen LogP contribution < -0.4 is 10.6 Å². The molecule has 1 aliphatic rings. The summed E-state index contributed by atoms with van der Waals surface area (Å²) in [6.45, 7) is 4.86. The summed E-state index contributed by atoms with van der Waals surface area (Å²) in [5, 5.41) is 10.2. The Labute approximate surface area is 147 Å². The average Bonchev–Trinajstić information content (AvgIpc) is 3.09. The highest BCUT2D eigenvalue weighted by Gasteiger charge is 2.21. The van der Waals surface area contributed by atoms with E-state index in [0.717, 1.165) is 43.9 Å². The molecule has 0 aromatic carbocycles. The average molecular weight is 344 g/mol. The molecule has 3 heterocycles. The van der Waals surface area contributed by atoms with Crippen molar-refractivity contribution in [1.82, 2.24) is 25.3 Å². The Balaban J connectivity index is 1.42. The molecule has 2 aromatic rings. The molecular weight excluding hydrogens is 320 g/mol. The van der Waals surface area contributed by atoms with Gasteiger partial charge in [-0.05, 0) is 31.5 Å². The molecule has 0 unspecified atom stereocenters. The van der Waals surface area contributed by atoms with Crippen LogP contribution in [-0.4, -0.2) is 51.6 Å². The van der Waals surface area contributed by atoms with Gasteiger partial charge in [0, 0.05) is 37.1 Å². The predicted molar refractivity (Wildman–Crippen MR) is 92.8 cm³/mol. The number of aromatic nitrogens is 3. The van der Waals surface area contributed by atoms with Crippen LogP contribution in [0.5, 0.6) is 0 Å². The third-order valence-corrected chi connectivity index (χ3v) is 4.20. The normalized spacial score (nSPS) is 18.2. The van der Waals surface area contributed by atoms with E-state index < -0.39 is 0 Å². The molecule has 25 heavy (non-hydrogen) atoms. The molecule has 1 atom stereocenters. The molecule has 1 fully saturated rings. The van der Waals surface area contributed by atoms with Crippen molar-refractivity contribution < 1.29 is 9.32 Å². The Morgan fingerprint density at radius 3 is 3.00 bits per heavy atom. The van der Waals surface area contributed by atoms with Crippen molar-refractivity contribution in [1.29, 1.82) is 0 Å². The van der Waals surface area contributed by atoms with Crippen molar-refractivity contribution >= 4 is 11.6 Å². The largest absolute Gasteiger partial charge is 0.339 e. The van der Waals surface area contributed by atoms with Crippen molar-refractivity contribution in [3.05, 3.63) is 36.2 Å². The highest BCUT2D eigenvalue weighted by Crippen LogP contribution is 2.13. The number of nitrogens with zero attached hydrogens (tertiary/aromatic N) is 4. The lowest BCUT2D eigenvalue weighted by Crippen LogP contribution is -2.47. The number of aryl methyl sites for hydroxylation is 1. The summed E-state index contributed by atoms with van der Waals surface area (Å²) in [5.74, 6) is 1.36. The van der Waals surface area contributed by atoms with E-state index in [4.69, 9.17) is 4.52 Å². The number of likely N-dealkylation sites (tertiary alicyclic amines) is 1. The van der Waals surface area contributed by atoms with Crippen molar-refractivity contribution in [3.63, 3.8) is 0 Å². The van der Waals surface area contributed by atoms with Gasteiger partial charge in [0.15, 0.2) is 5.82 Å². The van der Waals surface area contributed by atoms with Crippen LogP contribution in [0.25, 0.3) is 0 Å². The van der Waals surface area contributed by atoms with E-state index in [0.29, 0.717) is 19.0 Å². The van der Waals surface area contributed by atoms with Crippen LogP contribution in [0.15, 0.2) is 29.0 Å². The van der Waals surface area contributed by atoms with Gasteiger partial charge in [0.2, 0.25) is 11.8 Å². The Kier molecular flexibility index (Phi) is 6.08. The van der Waals surface area contributed by atoms with E-state index in [-0.39, 0.29) is 11.9 Å². The van der Waals surface area contributed by atoms with Gasteiger partial charge >= 0.3 is 0 Å². The molecule has 8 heteroatoms. The van der Waals surface area contributed by atoms with E-state index in [1.165, 1.54) is 0 Å². The Morgan fingerprint density at radius 1 is 1.40 bits per heavy atom. The minimum atomic E-state index is -0.0471. The molecule has 2 N–H and O–H groups in total. The zero-order valence-corrected chi connectivity index (χ0v) is 14.4. The molecule has 8 nitrogen and oxygen atoms in total. The van der Waals surface area contributed by atoms with E-state index in [1.807, 2.05) is 6.92 Å². The number of anilines is 1. The molecule has 0 spiro atoms. The summed E-state index contributed by atoms with van der Waals surface area (Å²) < 4.78 is 5.16. The third kappa shape index (κ3) is 5.33. The van der Waals surface area contributed by atoms with Gasteiger partial charge in [-0.3, -0.25) is 14.7 Å². The van der Waals surface area contributed by atoms with Crippen molar-refractivity contribution in [2.24, 2.45) is 0 Å². The van der Waals surface area contributed by atoms with Crippen molar-refractivity contribution in [3.8, 4) is 0 Å². The highest BCUT2D eigenvalue weighted by molar-refractivity contribution is 5.92. The SMILES string of the molecule is CCc1nc(CN2CCC[C@@H](NCC(=O)Nc3ccncc3)C2)no1. The Bertz CT molecular complexity index is 675. The Hall–Kier alpha value is -2.32. The number of amides is 1. The monoisotopic (exact) mass is 344 g/mol. The summed E-state index contributed by atoms with van der Waals surface area (Å²) in [4.78, 5) is 22.6. The van der Waals surface area contributed by atoms with Gasteiger partial charge in [0.25, 0.3) is 0 Å². The molecule has 1 aliphatic heterocycles. The van der Waals surface area contributed by atoms with Crippen LogP contribution in [0, 0.1) is 0 Å².